The van der Waals surface area contributed by atoms with E-state index in [9.17, 15) is 9.90 Å². The number of hydrogen-bond donors (Lipinski definition) is 1. The number of fused-ring (bicyclic) bond motifs is 1. The zero-order valence-corrected chi connectivity index (χ0v) is 17.3. The molecule has 4 rings (SSSR count). The molecule has 4 nitrogen and oxygen atoms in total. The highest BCUT2D eigenvalue weighted by molar-refractivity contribution is 5.97. The van der Waals surface area contributed by atoms with E-state index in [4.69, 9.17) is 4.74 Å². The average Bonchev–Trinajstić information content (AvgIpc) is 3.18. The summed E-state index contributed by atoms with van der Waals surface area (Å²) in [6.45, 7) is 9.27. The van der Waals surface area contributed by atoms with Crippen LogP contribution in [-0.2, 0) is 19.7 Å². The summed E-state index contributed by atoms with van der Waals surface area (Å²) in [6.07, 6.45) is 0. The van der Waals surface area contributed by atoms with Gasteiger partial charge in [-0.2, -0.15) is 0 Å². The molecule has 0 aliphatic carbocycles. The first-order valence-corrected chi connectivity index (χ1v) is 10.0. The van der Waals surface area contributed by atoms with Crippen LogP contribution in [0.5, 0.6) is 11.5 Å². The van der Waals surface area contributed by atoms with Crippen LogP contribution in [0.2, 0.25) is 0 Å². The van der Waals surface area contributed by atoms with Gasteiger partial charge in [0.15, 0.2) is 0 Å². The second kappa shape index (κ2) is 8.07. The molecular formula is C26H25NO3. The molecule has 0 saturated carbocycles. The number of rotatable bonds is 5. The van der Waals surface area contributed by atoms with Gasteiger partial charge in [0.2, 0.25) is 0 Å². The van der Waals surface area contributed by atoms with Gasteiger partial charge in [-0.3, -0.25) is 4.79 Å². The highest BCUT2D eigenvalue weighted by atomic mass is 16.5. The molecular weight excluding hydrogens is 374 g/mol. The Balaban J connectivity index is 1.60. The molecule has 3 aromatic rings. The van der Waals surface area contributed by atoms with Crippen LogP contribution in [0.3, 0.4) is 0 Å². The molecule has 1 aliphatic rings. The molecule has 0 bridgehead atoms. The minimum atomic E-state index is -0.0554. The molecule has 0 spiro atoms. The summed E-state index contributed by atoms with van der Waals surface area (Å²) in [5, 5.41) is 10.1. The summed E-state index contributed by atoms with van der Waals surface area (Å²) >= 11 is 0. The first-order valence-electron chi connectivity index (χ1n) is 10.0. The molecule has 0 saturated heterocycles. The van der Waals surface area contributed by atoms with Crippen molar-refractivity contribution < 1.29 is 14.6 Å². The third-order valence-electron chi connectivity index (χ3n) is 5.50. The van der Waals surface area contributed by atoms with Crippen LogP contribution in [0.4, 0.5) is 0 Å². The van der Waals surface area contributed by atoms with Crippen molar-refractivity contribution >= 4 is 11.5 Å². The Hall–Kier alpha value is -3.53. The number of ether oxygens (including phenoxy) is 1. The molecule has 1 N–H and O–H groups in total. The van der Waals surface area contributed by atoms with E-state index in [0.717, 1.165) is 39.1 Å². The maximum Gasteiger partial charge on any atom is 0.254 e. The molecule has 1 heterocycles. The molecule has 0 atom stereocenters. The van der Waals surface area contributed by atoms with Crippen LogP contribution in [-0.4, -0.2) is 15.9 Å². The highest BCUT2D eigenvalue weighted by Gasteiger charge is 2.27. The molecule has 0 fully saturated rings. The first-order chi connectivity index (χ1) is 14.4. The number of carbonyl (C=O) groups is 1. The summed E-state index contributed by atoms with van der Waals surface area (Å²) in [5.74, 6) is 0.912. The number of nitrogens with zero attached hydrogens (tertiary/aromatic N) is 1. The summed E-state index contributed by atoms with van der Waals surface area (Å²) in [5.41, 5.74) is 6.06. The third-order valence-corrected chi connectivity index (χ3v) is 5.50. The fourth-order valence-corrected chi connectivity index (χ4v) is 3.82. The Morgan fingerprint density at radius 2 is 1.83 bits per heavy atom. The van der Waals surface area contributed by atoms with Gasteiger partial charge in [-0.15, -0.1) is 0 Å². The van der Waals surface area contributed by atoms with E-state index >= 15 is 0 Å². The van der Waals surface area contributed by atoms with Gasteiger partial charge in [-0.1, -0.05) is 49.0 Å². The molecule has 0 aromatic heterocycles. The Morgan fingerprint density at radius 1 is 1.07 bits per heavy atom. The largest absolute Gasteiger partial charge is 0.508 e. The molecule has 4 heteroatoms. The van der Waals surface area contributed by atoms with Gasteiger partial charge in [0.25, 0.3) is 5.91 Å². The fourth-order valence-electron chi connectivity index (χ4n) is 3.82. The van der Waals surface area contributed by atoms with Crippen molar-refractivity contribution in [3.05, 3.63) is 101 Å². The number of phenols is 1. The van der Waals surface area contributed by atoms with Gasteiger partial charge >= 0.3 is 0 Å². The number of aromatic hydroxyl groups is 1. The summed E-state index contributed by atoms with van der Waals surface area (Å²) < 4.78 is 6.07. The predicted molar refractivity (Wildman–Crippen MR) is 118 cm³/mol. The van der Waals surface area contributed by atoms with Crippen molar-refractivity contribution in [3.63, 3.8) is 0 Å². The number of amides is 1. The van der Waals surface area contributed by atoms with Crippen LogP contribution in [0.25, 0.3) is 5.57 Å². The Bertz CT molecular complexity index is 1120. The van der Waals surface area contributed by atoms with Gasteiger partial charge in [-0.25, -0.2) is 0 Å². The van der Waals surface area contributed by atoms with Crippen LogP contribution in [0, 0.1) is 6.92 Å². The lowest BCUT2D eigenvalue weighted by Crippen LogP contribution is -2.26. The number of allylic oxidation sites excluding steroid dienone is 1. The molecule has 0 radical (unpaired) electrons. The summed E-state index contributed by atoms with van der Waals surface area (Å²) in [4.78, 5) is 15.1. The van der Waals surface area contributed by atoms with E-state index in [1.165, 1.54) is 0 Å². The predicted octanol–water partition coefficient (Wildman–Crippen LogP) is 5.47. The lowest BCUT2D eigenvalue weighted by molar-refractivity contribution is 0.0750. The number of hydrogen-bond acceptors (Lipinski definition) is 3. The molecule has 0 unspecified atom stereocenters. The maximum atomic E-state index is 13.3. The quantitative estimate of drug-likeness (QED) is 0.619. The van der Waals surface area contributed by atoms with E-state index in [1.807, 2.05) is 68.4 Å². The van der Waals surface area contributed by atoms with Gasteiger partial charge in [0, 0.05) is 23.2 Å². The van der Waals surface area contributed by atoms with Crippen molar-refractivity contribution in [2.75, 3.05) is 0 Å². The van der Waals surface area contributed by atoms with Gasteiger partial charge in [0.1, 0.15) is 18.1 Å². The van der Waals surface area contributed by atoms with E-state index < -0.39 is 0 Å². The topological polar surface area (TPSA) is 49.8 Å². The molecule has 152 valence electrons. The van der Waals surface area contributed by atoms with Crippen LogP contribution >= 0.6 is 0 Å². The Labute approximate surface area is 177 Å². The number of aryl methyl sites for hydroxylation is 1. The van der Waals surface area contributed by atoms with Crippen LogP contribution < -0.4 is 4.74 Å². The monoisotopic (exact) mass is 399 g/mol. The SMILES string of the molecule is C=C(C)c1cc(C(=O)N2Cc3cccc(O)c3C2)c(C)cc1OCc1ccccc1. The van der Waals surface area contributed by atoms with Gasteiger partial charge in [0.05, 0.1) is 6.54 Å². The highest BCUT2D eigenvalue weighted by Crippen LogP contribution is 2.34. The Kier molecular flexibility index (Phi) is 5.32. The van der Waals surface area contributed by atoms with Crippen molar-refractivity contribution in [3.8, 4) is 11.5 Å². The molecule has 1 aliphatic heterocycles. The second-order valence-electron chi connectivity index (χ2n) is 7.79. The van der Waals surface area contributed by atoms with Gasteiger partial charge < -0.3 is 14.7 Å². The molecule has 30 heavy (non-hydrogen) atoms. The number of phenolic OH excluding ortho intramolecular Hbond substituents is 1. The van der Waals surface area contributed by atoms with E-state index in [2.05, 4.69) is 6.58 Å². The minimum Gasteiger partial charge on any atom is -0.508 e. The lowest BCUT2D eigenvalue weighted by Gasteiger charge is -2.20. The van der Waals surface area contributed by atoms with Crippen molar-refractivity contribution in [2.24, 2.45) is 0 Å². The van der Waals surface area contributed by atoms with E-state index in [1.54, 1.807) is 11.0 Å². The first kappa shape index (κ1) is 19.8. The van der Waals surface area contributed by atoms with Gasteiger partial charge in [-0.05, 0) is 54.3 Å². The van der Waals surface area contributed by atoms with E-state index in [0.29, 0.717) is 25.3 Å². The summed E-state index contributed by atoms with van der Waals surface area (Å²) in [6, 6.07) is 19.2. The van der Waals surface area contributed by atoms with E-state index in [-0.39, 0.29) is 11.7 Å². The Morgan fingerprint density at radius 3 is 2.53 bits per heavy atom. The molecule has 3 aromatic carbocycles. The van der Waals surface area contributed by atoms with Crippen LogP contribution in [0.15, 0.2) is 67.2 Å². The second-order valence-corrected chi connectivity index (χ2v) is 7.79. The maximum absolute atomic E-state index is 13.3. The minimum absolute atomic E-state index is 0.0554. The number of carbonyl (C=O) groups excluding carboxylic acids is 1. The summed E-state index contributed by atoms with van der Waals surface area (Å²) in [7, 11) is 0. The molecule has 1 amide bonds. The smallest absolute Gasteiger partial charge is 0.254 e. The third kappa shape index (κ3) is 3.81. The van der Waals surface area contributed by atoms with Crippen molar-refractivity contribution in [1.29, 1.82) is 0 Å². The normalized spacial score (nSPS) is 12.5. The average molecular weight is 399 g/mol. The fraction of sp³-hybridized carbons (Fsp3) is 0.192. The van der Waals surface area contributed by atoms with Crippen molar-refractivity contribution in [2.45, 2.75) is 33.5 Å². The zero-order chi connectivity index (χ0) is 21.3. The van der Waals surface area contributed by atoms with Crippen molar-refractivity contribution in [1.82, 2.24) is 4.90 Å². The zero-order valence-electron chi connectivity index (χ0n) is 17.3. The number of benzene rings is 3. The lowest BCUT2D eigenvalue weighted by atomic mass is 9.99. The standard InChI is InChI=1S/C26H25NO3/c1-17(2)21-13-22(18(3)12-25(21)30-16-19-8-5-4-6-9-19)26(29)27-14-20-10-7-11-24(28)23(20)15-27/h4-13,28H,1,14-16H2,2-3H3. The van der Waals surface area contributed by atoms with Crippen LogP contribution in [0.1, 0.15) is 45.1 Å².